The summed E-state index contributed by atoms with van der Waals surface area (Å²) in [6, 6.07) is 6.68. The highest BCUT2D eigenvalue weighted by atomic mass is 16.5. The molecule has 2 rings (SSSR count). The molecule has 1 heterocycles. The molecule has 0 saturated carbocycles. The van der Waals surface area contributed by atoms with Crippen LogP contribution >= 0.6 is 0 Å². The Morgan fingerprint density at radius 1 is 1.45 bits per heavy atom. The monoisotopic (exact) mass is 279 g/mol. The first-order chi connectivity index (χ1) is 9.61. The van der Waals surface area contributed by atoms with E-state index in [4.69, 9.17) is 4.74 Å². The lowest BCUT2D eigenvalue weighted by Crippen LogP contribution is -2.46. The number of hydrogen-bond acceptors (Lipinski definition) is 4. The number of rotatable bonds is 5. The lowest BCUT2D eigenvalue weighted by molar-refractivity contribution is -0.134. The molecule has 0 aromatic heterocycles. The van der Waals surface area contributed by atoms with Crippen molar-refractivity contribution in [2.24, 2.45) is 0 Å². The van der Waals surface area contributed by atoms with E-state index in [9.17, 15) is 15.0 Å². The van der Waals surface area contributed by atoms with Crippen molar-refractivity contribution in [2.75, 3.05) is 19.8 Å². The average Bonchev–Trinajstić information content (AvgIpc) is 2.84. The van der Waals surface area contributed by atoms with Crippen LogP contribution in [0.2, 0.25) is 0 Å². The average molecular weight is 279 g/mol. The van der Waals surface area contributed by atoms with Gasteiger partial charge in [0, 0.05) is 13.0 Å². The zero-order valence-corrected chi connectivity index (χ0v) is 11.7. The molecule has 1 aromatic rings. The Morgan fingerprint density at radius 2 is 2.25 bits per heavy atom. The van der Waals surface area contributed by atoms with Gasteiger partial charge in [-0.1, -0.05) is 12.1 Å². The van der Waals surface area contributed by atoms with Gasteiger partial charge >= 0.3 is 0 Å². The van der Waals surface area contributed by atoms with Crippen molar-refractivity contribution in [3.63, 3.8) is 0 Å². The molecular weight excluding hydrogens is 258 g/mol. The fraction of sp³-hybridized carbons (Fsp3) is 0.533. The highest BCUT2D eigenvalue weighted by Crippen LogP contribution is 2.17. The number of carbonyl (C=O) groups is 1. The maximum Gasteiger partial charge on any atom is 0.223 e. The van der Waals surface area contributed by atoms with Crippen LogP contribution in [0.15, 0.2) is 24.3 Å². The normalized spacial score (nSPS) is 21.9. The van der Waals surface area contributed by atoms with Crippen LogP contribution in [0.3, 0.4) is 0 Å². The Kier molecular flexibility index (Phi) is 4.98. The van der Waals surface area contributed by atoms with E-state index in [0.717, 1.165) is 5.56 Å². The van der Waals surface area contributed by atoms with E-state index >= 15 is 0 Å². The van der Waals surface area contributed by atoms with Crippen LogP contribution in [-0.2, 0) is 16.0 Å². The summed E-state index contributed by atoms with van der Waals surface area (Å²) in [6.45, 7) is 3.15. The molecule has 1 fully saturated rings. The molecule has 0 radical (unpaired) electrons. The number of aliphatic hydroxyl groups excluding tert-OH is 1. The Labute approximate surface area is 118 Å². The summed E-state index contributed by atoms with van der Waals surface area (Å²) < 4.78 is 5.20. The summed E-state index contributed by atoms with van der Waals surface area (Å²) in [5.74, 6) is 0.215. The minimum atomic E-state index is -0.598. The van der Waals surface area contributed by atoms with Gasteiger partial charge in [0.1, 0.15) is 5.75 Å². The van der Waals surface area contributed by atoms with Gasteiger partial charge in [0.05, 0.1) is 25.4 Å². The predicted molar refractivity (Wildman–Crippen MR) is 74.4 cm³/mol. The molecule has 1 aliphatic rings. The lowest BCUT2D eigenvalue weighted by Gasteiger charge is -2.28. The van der Waals surface area contributed by atoms with Crippen LogP contribution in [0.5, 0.6) is 5.75 Å². The number of benzene rings is 1. The molecule has 0 bridgehead atoms. The third-order valence-corrected chi connectivity index (χ3v) is 3.62. The number of aliphatic hydroxyl groups is 1. The summed E-state index contributed by atoms with van der Waals surface area (Å²) in [6.07, 6.45) is 0.341. The third-order valence-electron chi connectivity index (χ3n) is 3.62. The van der Waals surface area contributed by atoms with Crippen molar-refractivity contribution in [1.29, 1.82) is 0 Å². The standard InChI is InChI=1S/C15H21NO4/c1-2-16(13-9-20-10-14(13)18)15(19)7-6-11-4-3-5-12(17)8-11/h3-5,8,13-14,17-18H,2,6-7,9-10H2,1H3/t13-,14-/m1/s1. The minimum Gasteiger partial charge on any atom is -0.508 e. The van der Waals surface area contributed by atoms with E-state index in [-0.39, 0.29) is 17.7 Å². The van der Waals surface area contributed by atoms with E-state index in [1.807, 2.05) is 13.0 Å². The Hall–Kier alpha value is -1.59. The SMILES string of the molecule is CCN(C(=O)CCc1cccc(O)c1)[C@@H]1COC[C@H]1O. The second kappa shape index (κ2) is 6.72. The van der Waals surface area contributed by atoms with Crippen molar-refractivity contribution >= 4 is 5.91 Å². The summed E-state index contributed by atoms with van der Waals surface area (Å²) in [5, 5.41) is 19.2. The van der Waals surface area contributed by atoms with Crippen molar-refractivity contribution in [3.8, 4) is 5.75 Å². The highest BCUT2D eigenvalue weighted by molar-refractivity contribution is 5.77. The van der Waals surface area contributed by atoms with E-state index in [1.165, 1.54) is 0 Å². The second-order valence-electron chi connectivity index (χ2n) is 5.02. The number of amides is 1. The smallest absolute Gasteiger partial charge is 0.223 e. The summed E-state index contributed by atoms with van der Waals surface area (Å²) in [7, 11) is 0. The fourth-order valence-electron chi connectivity index (χ4n) is 2.53. The van der Waals surface area contributed by atoms with Gasteiger partial charge in [0.2, 0.25) is 5.91 Å². The number of carbonyl (C=O) groups excluding carboxylic acids is 1. The first-order valence-electron chi connectivity index (χ1n) is 6.95. The summed E-state index contributed by atoms with van der Waals surface area (Å²) in [4.78, 5) is 13.9. The van der Waals surface area contributed by atoms with Crippen LogP contribution in [0.4, 0.5) is 0 Å². The third kappa shape index (κ3) is 3.49. The first kappa shape index (κ1) is 14.8. The van der Waals surface area contributed by atoms with Crippen LogP contribution in [0.1, 0.15) is 18.9 Å². The highest BCUT2D eigenvalue weighted by Gasteiger charge is 2.33. The quantitative estimate of drug-likeness (QED) is 0.841. The maximum absolute atomic E-state index is 12.3. The van der Waals surface area contributed by atoms with Gasteiger partial charge in [-0.3, -0.25) is 4.79 Å². The van der Waals surface area contributed by atoms with Gasteiger partial charge in [0.15, 0.2) is 0 Å². The number of hydrogen-bond donors (Lipinski definition) is 2. The summed E-state index contributed by atoms with van der Waals surface area (Å²) >= 11 is 0. The molecule has 5 heteroatoms. The molecule has 0 aliphatic carbocycles. The zero-order valence-electron chi connectivity index (χ0n) is 11.7. The second-order valence-corrected chi connectivity index (χ2v) is 5.02. The van der Waals surface area contributed by atoms with Crippen molar-refractivity contribution < 1.29 is 19.7 Å². The van der Waals surface area contributed by atoms with Gasteiger partial charge in [-0.2, -0.15) is 0 Å². The minimum absolute atomic E-state index is 0.00499. The van der Waals surface area contributed by atoms with Gasteiger partial charge in [-0.05, 0) is 31.0 Å². The number of phenols is 1. The van der Waals surface area contributed by atoms with Crippen LogP contribution in [0, 0.1) is 0 Å². The van der Waals surface area contributed by atoms with Crippen molar-refractivity contribution in [3.05, 3.63) is 29.8 Å². The molecule has 0 unspecified atom stereocenters. The molecular formula is C15H21NO4. The summed E-state index contributed by atoms with van der Waals surface area (Å²) in [5.41, 5.74) is 0.928. The molecule has 1 saturated heterocycles. The number of likely N-dealkylation sites (N-methyl/N-ethyl adjacent to an activating group) is 1. The van der Waals surface area contributed by atoms with Crippen LogP contribution < -0.4 is 0 Å². The van der Waals surface area contributed by atoms with Crippen molar-refractivity contribution in [2.45, 2.75) is 31.9 Å². The molecule has 0 spiro atoms. The lowest BCUT2D eigenvalue weighted by atomic mass is 10.1. The number of aromatic hydroxyl groups is 1. The van der Waals surface area contributed by atoms with E-state index in [0.29, 0.717) is 32.6 Å². The zero-order chi connectivity index (χ0) is 14.5. The largest absolute Gasteiger partial charge is 0.508 e. The molecule has 2 atom stereocenters. The van der Waals surface area contributed by atoms with Gasteiger partial charge in [-0.15, -0.1) is 0 Å². The Bertz CT molecular complexity index is 463. The van der Waals surface area contributed by atoms with Crippen molar-refractivity contribution in [1.82, 2.24) is 4.90 Å². The van der Waals surface area contributed by atoms with E-state index in [1.54, 1.807) is 23.1 Å². The molecule has 110 valence electrons. The number of ether oxygens (including phenoxy) is 1. The number of nitrogens with zero attached hydrogens (tertiary/aromatic N) is 1. The Balaban J connectivity index is 1.92. The Morgan fingerprint density at radius 3 is 2.85 bits per heavy atom. The molecule has 1 aliphatic heterocycles. The molecule has 1 amide bonds. The number of aryl methyl sites for hydroxylation is 1. The molecule has 20 heavy (non-hydrogen) atoms. The first-order valence-corrected chi connectivity index (χ1v) is 6.95. The number of phenolic OH excluding ortho intramolecular Hbond substituents is 1. The molecule has 1 aromatic carbocycles. The van der Waals surface area contributed by atoms with Gasteiger partial charge in [0.25, 0.3) is 0 Å². The molecule has 5 nitrogen and oxygen atoms in total. The maximum atomic E-state index is 12.3. The van der Waals surface area contributed by atoms with Gasteiger partial charge in [-0.25, -0.2) is 0 Å². The van der Waals surface area contributed by atoms with E-state index in [2.05, 4.69) is 0 Å². The predicted octanol–water partition coefficient (Wildman–Crippen LogP) is 0.933. The topological polar surface area (TPSA) is 70.0 Å². The van der Waals surface area contributed by atoms with E-state index < -0.39 is 6.10 Å². The molecule has 2 N–H and O–H groups in total. The van der Waals surface area contributed by atoms with Crippen LogP contribution in [0.25, 0.3) is 0 Å². The van der Waals surface area contributed by atoms with Crippen LogP contribution in [-0.4, -0.2) is 52.9 Å². The fourth-order valence-corrected chi connectivity index (χ4v) is 2.53. The van der Waals surface area contributed by atoms with Gasteiger partial charge < -0.3 is 19.8 Å².